The first-order valence-corrected chi connectivity index (χ1v) is 11.9. The van der Waals surface area contributed by atoms with Gasteiger partial charge < -0.3 is 10.3 Å². The van der Waals surface area contributed by atoms with E-state index in [0.717, 1.165) is 34.6 Å². The first kappa shape index (κ1) is 25.1. The summed E-state index contributed by atoms with van der Waals surface area (Å²) in [5.74, 6) is 0.403. The van der Waals surface area contributed by atoms with Crippen molar-refractivity contribution in [3.63, 3.8) is 0 Å². The van der Waals surface area contributed by atoms with Gasteiger partial charge >= 0.3 is 6.03 Å². The summed E-state index contributed by atoms with van der Waals surface area (Å²) >= 11 is 1.59. The number of aromatic amines is 1. The number of carbonyl (C=O) groups excluding carboxylic acids is 1. The number of anilines is 1. The smallest absolute Gasteiger partial charge is 0.329 e. The summed E-state index contributed by atoms with van der Waals surface area (Å²) in [7, 11) is 0. The quantitative estimate of drug-likeness (QED) is 0.278. The molecule has 0 aliphatic rings. The fraction of sp³-hybridized carbons (Fsp3) is 0.130. The van der Waals surface area contributed by atoms with Gasteiger partial charge in [-0.3, -0.25) is 14.1 Å². The maximum atomic E-state index is 12.9. The Morgan fingerprint density at radius 1 is 1.21 bits per heavy atom. The number of nitrogens with zero attached hydrogens (tertiary/aromatic N) is 3. The number of amides is 2. The molecule has 0 aliphatic heterocycles. The molecule has 1 aromatic carbocycles. The minimum Gasteiger partial charge on any atom is -0.345 e. The third kappa shape index (κ3) is 6.27. The Kier molecular flexibility index (Phi) is 8.50. The number of H-pyrrole nitrogens is 1. The summed E-state index contributed by atoms with van der Waals surface area (Å²) in [5, 5.41) is 3.30. The summed E-state index contributed by atoms with van der Waals surface area (Å²) in [6, 6.07) is 8.14. The summed E-state index contributed by atoms with van der Waals surface area (Å²) in [4.78, 5) is 36.4. The highest BCUT2D eigenvalue weighted by atomic mass is 32.2. The molecule has 3 heterocycles. The third-order valence-electron chi connectivity index (χ3n) is 4.18. The van der Waals surface area contributed by atoms with Crippen molar-refractivity contribution in [3.8, 4) is 5.82 Å². The van der Waals surface area contributed by atoms with E-state index in [4.69, 9.17) is 0 Å². The number of thioether (sulfide) groups is 1. The lowest BCUT2D eigenvalue weighted by molar-refractivity contribution is 0.257. The van der Waals surface area contributed by atoms with Crippen LogP contribution in [0.1, 0.15) is 20.3 Å². The molecule has 0 saturated heterocycles. The van der Waals surface area contributed by atoms with Crippen LogP contribution in [-0.2, 0) is 0 Å². The molecule has 0 spiro atoms. The van der Waals surface area contributed by atoms with Crippen molar-refractivity contribution in [2.24, 2.45) is 0 Å². The highest BCUT2D eigenvalue weighted by Gasteiger charge is 2.09. The van der Waals surface area contributed by atoms with Gasteiger partial charge in [-0.1, -0.05) is 45.2 Å². The van der Waals surface area contributed by atoms with Crippen LogP contribution in [0.2, 0.25) is 0 Å². The minimum atomic E-state index is -0.614. The molecule has 2 amide bonds. The van der Waals surface area contributed by atoms with Gasteiger partial charge in [0.25, 0.3) is 5.56 Å². The number of urea groups is 1. The zero-order chi connectivity index (χ0) is 24.7. The lowest BCUT2D eigenvalue weighted by Gasteiger charge is -2.09. The van der Waals surface area contributed by atoms with Crippen LogP contribution in [-0.4, -0.2) is 25.6 Å². The van der Waals surface area contributed by atoms with Crippen LogP contribution < -0.4 is 15.6 Å². The van der Waals surface area contributed by atoms with E-state index in [0.29, 0.717) is 26.6 Å². The molecule has 0 fully saturated rings. The third-order valence-corrected chi connectivity index (χ3v) is 5.64. The number of fused-ring (bicyclic) bond motifs is 2. The second-order valence-corrected chi connectivity index (χ2v) is 9.25. The molecule has 3 N–H and O–H groups in total. The van der Waals surface area contributed by atoms with Crippen LogP contribution in [0.25, 0.3) is 27.6 Å². The van der Waals surface area contributed by atoms with E-state index in [1.165, 1.54) is 17.2 Å². The molecule has 4 rings (SSSR count). The van der Waals surface area contributed by atoms with Crippen molar-refractivity contribution < 1.29 is 9.18 Å². The van der Waals surface area contributed by atoms with Crippen LogP contribution in [0.15, 0.2) is 76.4 Å². The molecule has 176 valence electrons. The molecule has 11 heteroatoms. The lowest BCUT2D eigenvalue weighted by atomic mass is 10.1. The predicted molar refractivity (Wildman–Crippen MR) is 140 cm³/mol. The number of nitrogens with one attached hydrogen (secondary N) is 3. The zero-order valence-electron chi connectivity index (χ0n) is 18.6. The van der Waals surface area contributed by atoms with Gasteiger partial charge in [-0.15, -0.1) is 0 Å². The highest BCUT2D eigenvalue weighted by Crippen LogP contribution is 2.30. The van der Waals surface area contributed by atoms with Crippen molar-refractivity contribution in [2.45, 2.75) is 20.3 Å². The SMILES string of the molecule is C=C(F)SC(=C)SNC(=O)Nc1ccc(-n2ccc3cc4[nH]cnc4cc3c2=O)nc1.CCC. The van der Waals surface area contributed by atoms with E-state index in [2.05, 4.69) is 52.0 Å². The Hall–Kier alpha value is -3.57. The molecule has 0 bridgehead atoms. The number of hydrogen-bond acceptors (Lipinski definition) is 6. The standard InChI is InChI=1S/C20H15FN6O2S2.C3H8/c1-11(21)30-12(2)31-26-20(29)25-14-3-4-18(22-9-14)27-6-5-13-7-16-17(24-10-23-16)8-15(13)19(27)28;1-3-2/h3-10H,1-2H2,(H,23,24)(H2,25,26,29);3H2,1-2H3. The molecule has 0 radical (unpaired) electrons. The summed E-state index contributed by atoms with van der Waals surface area (Å²) < 4.78 is 16.9. The van der Waals surface area contributed by atoms with Gasteiger partial charge in [-0.25, -0.2) is 14.8 Å². The Labute approximate surface area is 203 Å². The van der Waals surface area contributed by atoms with Crippen LogP contribution >= 0.6 is 23.7 Å². The van der Waals surface area contributed by atoms with Gasteiger partial charge in [0.15, 0.2) is 5.16 Å². The summed E-state index contributed by atoms with van der Waals surface area (Å²) in [6.07, 6.45) is 5.91. The number of hydrogen-bond donors (Lipinski definition) is 3. The predicted octanol–water partition coefficient (Wildman–Crippen LogP) is 6.09. The maximum Gasteiger partial charge on any atom is 0.329 e. The number of imidazole rings is 1. The lowest BCUT2D eigenvalue weighted by Crippen LogP contribution is -2.23. The summed E-state index contributed by atoms with van der Waals surface area (Å²) in [5.41, 5.74) is 1.75. The van der Waals surface area contributed by atoms with Crippen molar-refractivity contribution in [2.75, 3.05) is 5.32 Å². The van der Waals surface area contributed by atoms with E-state index >= 15 is 0 Å². The number of aromatic nitrogens is 4. The Balaban J connectivity index is 0.00000103. The molecule has 34 heavy (non-hydrogen) atoms. The Morgan fingerprint density at radius 3 is 2.65 bits per heavy atom. The molecular weight excluding hydrogens is 475 g/mol. The zero-order valence-corrected chi connectivity index (χ0v) is 20.2. The van der Waals surface area contributed by atoms with Crippen LogP contribution in [0.5, 0.6) is 0 Å². The monoisotopic (exact) mass is 498 g/mol. The first-order chi connectivity index (χ1) is 16.3. The fourth-order valence-corrected chi connectivity index (χ4v) is 3.93. The average Bonchev–Trinajstić information content (AvgIpc) is 3.25. The summed E-state index contributed by atoms with van der Waals surface area (Å²) in [6.45, 7) is 11.0. The van der Waals surface area contributed by atoms with E-state index < -0.39 is 11.2 Å². The van der Waals surface area contributed by atoms with Gasteiger partial charge in [0.05, 0.1) is 33.5 Å². The molecular formula is C23H23FN6O2S2. The van der Waals surface area contributed by atoms with Crippen molar-refractivity contribution in [1.29, 1.82) is 0 Å². The molecule has 4 aromatic rings. The molecule has 0 saturated carbocycles. The second kappa shape index (κ2) is 11.5. The normalized spacial score (nSPS) is 10.4. The van der Waals surface area contributed by atoms with E-state index in [9.17, 15) is 14.0 Å². The average molecular weight is 499 g/mol. The van der Waals surface area contributed by atoms with Crippen molar-refractivity contribution in [1.82, 2.24) is 24.2 Å². The van der Waals surface area contributed by atoms with E-state index in [-0.39, 0.29) is 5.56 Å². The molecule has 0 unspecified atom stereocenters. The topological polar surface area (TPSA) is 105 Å². The highest BCUT2D eigenvalue weighted by molar-refractivity contribution is 8.23. The van der Waals surface area contributed by atoms with Gasteiger partial charge in [0.2, 0.25) is 0 Å². The number of pyridine rings is 2. The van der Waals surface area contributed by atoms with Crippen molar-refractivity contribution in [3.05, 3.63) is 82.0 Å². The largest absolute Gasteiger partial charge is 0.345 e. The molecule has 8 nitrogen and oxygen atoms in total. The number of rotatable bonds is 6. The Bertz CT molecular complexity index is 1400. The second-order valence-electron chi connectivity index (χ2n) is 6.95. The van der Waals surface area contributed by atoms with Gasteiger partial charge in [0, 0.05) is 11.6 Å². The maximum absolute atomic E-state index is 12.9. The molecule has 0 aliphatic carbocycles. The number of halogens is 1. The number of benzene rings is 1. The Morgan fingerprint density at radius 2 is 1.97 bits per heavy atom. The van der Waals surface area contributed by atoms with Crippen molar-refractivity contribution >= 4 is 57.2 Å². The van der Waals surface area contributed by atoms with Gasteiger partial charge in [-0.05, 0) is 47.7 Å². The van der Waals surface area contributed by atoms with Crippen LogP contribution in [0.4, 0.5) is 14.9 Å². The first-order valence-electron chi connectivity index (χ1n) is 10.2. The fourth-order valence-electron chi connectivity index (χ4n) is 2.86. The van der Waals surface area contributed by atoms with Gasteiger partial charge in [-0.2, -0.15) is 4.39 Å². The molecule has 0 atom stereocenters. The minimum absolute atomic E-state index is 0.227. The molecule has 3 aromatic heterocycles. The van der Waals surface area contributed by atoms with Crippen LogP contribution in [0, 0.1) is 0 Å². The van der Waals surface area contributed by atoms with Gasteiger partial charge in [0.1, 0.15) is 5.82 Å². The van der Waals surface area contributed by atoms with E-state index in [1.807, 2.05) is 12.1 Å². The van der Waals surface area contributed by atoms with Crippen LogP contribution in [0.3, 0.4) is 0 Å². The van der Waals surface area contributed by atoms with E-state index in [1.54, 1.807) is 30.7 Å². The number of carbonyl (C=O) groups is 1.